The molecule has 1 N–H and O–H groups in total. The first-order chi connectivity index (χ1) is 13.2. The lowest BCUT2D eigenvalue weighted by atomic mass is 10.0. The highest BCUT2D eigenvalue weighted by molar-refractivity contribution is 5.93. The first-order valence-corrected chi connectivity index (χ1v) is 9.24. The molecule has 138 valence electrons. The van der Waals surface area contributed by atoms with Crippen molar-refractivity contribution in [1.82, 2.24) is 9.88 Å². The molecule has 6 nitrogen and oxygen atoms in total. The van der Waals surface area contributed by atoms with E-state index in [1.807, 2.05) is 36.7 Å². The SMILES string of the molecule is O=[N+]([O-])c1ccccc1CN1CCCC(Nc2cccc3cnccc23)C1. The maximum atomic E-state index is 11.3. The van der Waals surface area contributed by atoms with Gasteiger partial charge >= 0.3 is 0 Å². The first kappa shape index (κ1) is 17.4. The van der Waals surface area contributed by atoms with Gasteiger partial charge in [0.25, 0.3) is 5.69 Å². The molecule has 0 bridgehead atoms. The fourth-order valence-corrected chi connectivity index (χ4v) is 3.85. The van der Waals surface area contributed by atoms with Crippen LogP contribution in [0.1, 0.15) is 18.4 Å². The molecule has 0 aliphatic carbocycles. The number of piperidine rings is 1. The van der Waals surface area contributed by atoms with Crippen molar-refractivity contribution in [3.63, 3.8) is 0 Å². The van der Waals surface area contributed by atoms with E-state index >= 15 is 0 Å². The lowest BCUT2D eigenvalue weighted by Gasteiger charge is -2.33. The Morgan fingerprint density at radius 1 is 1.19 bits per heavy atom. The maximum absolute atomic E-state index is 11.3. The monoisotopic (exact) mass is 362 g/mol. The van der Waals surface area contributed by atoms with Gasteiger partial charge in [0, 0.05) is 59.6 Å². The summed E-state index contributed by atoms with van der Waals surface area (Å²) < 4.78 is 0. The predicted octanol–water partition coefficient (Wildman–Crippen LogP) is 4.22. The zero-order valence-corrected chi connectivity index (χ0v) is 15.0. The molecule has 1 fully saturated rings. The minimum absolute atomic E-state index is 0.203. The summed E-state index contributed by atoms with van der Waals surface area (Å²) >= 11 is 0. The number of nitro groups is 1. The summed E-state index contributed by atoms with van der Waals surface area (Å²) in [6.07, 6.45) is 5.86. The van der Waals surface area contributed by atoms with Gasteiger partial charge in [-0.2, -0.15) is 0 Å². The van der Waals surface area contributed by atoms with Crippen LogP contribution in [0, 0.1) is 10.1 Å². The number of nitrogens with one attached hydrogen (secondary N) is 1. The number of hydrogen-bond donors (Lipinski definition) is 1. The van der Waals surface area contributed by atoms with Crippen LogP contribution in [0.3, 0.4) is 0 Å². The normalized spacial score (nSPS) is 17.7. The molecule has 4 rings (SSSR count). The standard InChI is InChI=1S/C21H22N4O2/c26-25(27)21-9-2-1-5-17(21)14-24-12-4-7-18(15-24)23-20-8-3-6-16-13-22-11-10-19(16)20/h1-3,5-6,8-11,13,18,23H,4,7,12,14-15H2. The van der Waals surface area contributed by atoms with Crippen LogP contribution in [0.4, 0.5) is 11.4 Å². The number of pyridine rings is 1. The van der Waals surface area contributed by atoms with E-state index in [1.165, 1.54) is 5.39 Å². The number of hydrogen-bond acceptors (Lipinski definition) is 5. The van der Waals surface area contributed by atoms with Crippen LogP contribution in [0.25, 0.3) is 10.8 Å². The molecule has 0 saturated carbocycles. The van der Waals surface area contributed by atoms with Crippen LogP contribution >= 0.6 is 0 Å². The average Bonchev–Trinajstić information content (AvgIpc) is 2.69. The van der Waals surface area contributed by atoms with Gasteiger partial charge in [0.15, 0.2) is 0 Å². The van der Waals surface area contributed by atoms with Crippen LogP contribution in [0.5, 0.6) is 0 Å². The quantitative estimate of drug-likeness (QED) is 0.543. The zero-order valence-electron chi connectivity index (χ0n) is 15.0. The number of benzene rings is 2. The smallest absolute Gasteiger partial charge is 0.273 e. The Kier molecular flexibility index (Phi) is 4.98. The number of nitrogens with zero attached hydrogens (tertiary/aromatic N) is 3. The molecule has 1 aromatic heterocycles. The van der Waals surface area contributed by atoms with E-state index in [-0.39, 0.29) is 10.6 Å². The molecule has 1 atom stereocenters. The predicted molar refractivity (Wildman–Crippen MR) is 107 cm³/mol. The van der Waals surface area contributed by atoms with Crippen molar-refractivity contribution >= 4 is 22.1 Å². The summed E-state index contributed by atoms with van der Waals surface area (Å²) in [5.41, 5.74) is 2.10. The number of para-hydroxylation sites is 1. The van der Waals surface area contributed by atoms with Crippen molar-refractivity contribution < 1.29 is 4.92 Å². The Hall–Kier alpha value is -2.99. The molecule has 0 amide bonds. The molecule has 6 heteroatoms. The van der Waals surface area contributed by atoms with Crippen molar-refractivity contribution in [1.29, 1.82) is 0 Å². The van der Waals surface area contributed by atoms with Crippen LogP contribution in [-0.4, -0.2) is 33.9 Å². The number of nitro benzene ring substituents is 1. The third-order valence-electron chi connectivity index (χ3n) is 5.13. The second-order valence-corrected chi connectivity index (χ2v) is 7.01. The van der Waals surface area contributed by atoms with Crippen molar-refractivity contribution in [2.45, 2.75) is 25.4 Å². The Morgan fingerprint density at radius 3 is 2.96 bits per heavy atom. The minimum Gasteiger partial charge on any atom is -0.381 e. The number of aromatic nitrogens is 1. The molecule has 27 heavy (non-hydrogen) atoms. The van der Waals surface area contributed by atoms with Crippen molar-refractivity contribution in [3.8, 4) is 0 Å². The number of fused-ring (bicyclic) bond motifs is 1. The molecule has 1 aliphatic heterocycles. The van der Waals surface area contributed by atoms with Crippen LogP contribution in [-0.2, 0) is 6.54 Å². The van der Waals surface area contributed by atoms with Crippen molar-refractivity contribution in [2.24, 2.45) is 0 Å². The minimum atomic E-state index is -0.293. The number of likely N-dealkylation sites (tertiary alicyclic amines) is 1. The van der Waals surface area contributed by atoms with Gasteiger partial charge in [0.2, 0.25) is 0 Å². The zero-order chi connectivity index (χ0) is 18.6. The van der Waals surface area contributed by atoms with E-state index in [1.54, 1.807) is 12.1 Å². The summed E-state index contributed by atoms with van der Waals surface area (Å²) in [6, 6.07) is 15.6. The number of rotatable bonds is 5. The third-order valence-corrected chi connectivity index (χ3v) is 5.13. The first-order valence-electron chi connectivity index (χ1n) is 9.24. The van der Waals surface area contributed by atoms with E-state index in [9.17, 15) is 10.1 Å². The Labute approximate surface area is 158 Å². The van der Waals surface area contributed by atoms with Crippen molar-refractivity contribution in [2.75, 3.05) is 18.4 Å². The highest BCUT2D eigenvalue weighted by Crippen LogP contribution is 2.26. The summed E-state index contributed by atoms with van der Waals surface area (Å²) in [5, 5.41) is 17.2. The molecule has 1 aliphatic rings. The molecular weight excluding hydrogens is 340 g/mol. The molecule has 2 heterocycles. The molecular formula is C21H22N4O2. The maximum Gasteiger partial charge on any atom is 0.273 e. The topological polar surface area (TPSA) is 71.3 Å². The lowest BCUT2D eigenvalue weighted by Crippen LogP contribution is -2.41. The molecule has 1 saturated heterocycles. The van der Waals surface area contributed by atoms with E-state index in [2.05, 4.69) is 27.3 Å². The molecule has 0 radical (unpaired) electrons. The fraction of sp³-hybridized carbons (Fsp3) is 0.286. The second kappa shape index (κ2) is 7.72. The van der Waals surface area contributed by atoms with Crippen LogP contribution in [0.2, 0.25) is 0 Å². The van der Waals surface area contributed by atoms with Gasteiger partial charge in [0.1, 0.15) is 0 Å². The third kappa shape index (κ3) is 3.90. The summed E-state index contributed by atoms with van der Waals surface area (Å²) in [4.78, 5) is 17.5. The van der Waals surface area contributed by atoms with Gasteiger partial charge in [-0.3, -0.25) is 20.0 Å². The average molecular weight is 362 g/mol. The van der Waals surface area contributed by atoms with Gasteiger partial charge in [0.05, 0.1) is 4.92 Å². The second-order valence-electron chi connectivity index (χ2n) is 7.01. The molecule has 0 spiro atoms. The largest absolute Gasteiger partial charge is 0.381 e. The Balaban J connectivity index is 1.48. The van der Waals surface area contributed by atoms with E-state index in [0.717, 1.165) is 42.6 Å². The van der Waals surface area contributed by atoms with E-state index in [4.69, 9.17) is 0 Å². The van der Waals surface area contributed by atoms with Crippen LogP contribution < -0.4 is 5.32 Å². The highest BCUT2D eigenvalue weighted by Gasteiger charge is 2.23. The van der Waals surface area contributed by atoms with Gasteiger partial charge in [-0.15, -0.1) is 0 Å². The Morgan fingerprint density at radius 2 is 2.07 bits per heavy atom. The molecule has 2 aromatic carbocycles. The van der Waals surface area contributed by atoms with E-state index in [0.29, 0.717) is 12.6 Å². The van der Waals surface area contributed by atoms with Gasteiger partial charge in [-0.25, -0.2) is 0 Å². The van der Waals surface area contributed by atoms with Crippen LogP contribution in [0.15, 0.2) is 60.9 Å². The number of anilines is 1. The molecule has 3 aromatic rings. The highest BCUT2D eigenvalue weighted by atomic mass is 16.6. The summed E-state index contributed by atoms with van der Waals surface area (Å²) in [5.74, 6) is 0. The molecule has 1 unspecified atom stereocenters. The fourth-order valence-electron chi connectivity index (χ4n) is 3.85. The summed E-state index contributed by atoms with van der Waals surface area (Å²) in [6.45, 7) is 2.44. The summed E-state index contributed by atoms with van der Waals surface area (Å²) in [7, 11) is 0. The van der Waals surface area contributed by atoms with Gasteiger partial charge < -0.3 is 5.32 Å². The Bertz CT molecular complexity index is 954. The van der Waals surface area contributed by atoms with Gasteiger partial charge in [-0.1, -0.05) is 30.3 Å². The van der Waals surface area contributed by atoms with Gasteiger partial charge in [-0.05, 0) is 31.5 Å². The van der Waals surface area contributed by atoms with E-state index < -0.39 is 0 Å². The van der Waals surface area contributed by atoms with Crippen molar-refractivity contribution in [3.05, 3.63) is 76.6 Å². The lowest BCUT2D eigenvalue weighted by molar-refractivity contribution is -0.385.